The average Bonchev–Trinajstić information content (AvgIpc) is 3.70. The first-order chi connectivity index (χ1) is 25.9. The number of aromatic nitrogens is 3. The fraction of sp³-hybridized carbons (Fsp3) is 0.590. The topological polar surface area (TPSA) is 175 Å². The number of hydrogen-bond donors (Lipinski definition) is 4. The molecule has 55 heavy (non-hydrogen) atoms. The van der Waals surface area contributed by atoms with Crippen molar-refractivity contribution in [1.82, 2.24) is 35.6 Å². The molecule has 1 aliphatic heterocycles. The van der Waals surface area contributed by atoms with Crippen molar-refractivity contribution < 1.29 is 33.4 Å². The van der Waals surface area contributed by atoms with E-state index < -0.39 is 23.4 Å². The number of rotatable bonds is 16. The minimum atomic E-state index is -0.554. The van der Waals surface area contributed by atoms with E-state index in [1.807, 2.05) is 26.8 Å². The van der Waals surface area contributed by atoms with Crippen LogP contribution in [0.2, 0.25) is 10.0 Å². The third-order valence-corrected chi connectivity index (χ3v) is 9.57. The molecule has 4 N–H and O–H groups in total. The van der Waals surface area contributed by atoms with Gasteiger partial charge >= 0.3 is 12.2 Å². The van der Waals surface area contributed by atoms with Gasteiger partial charge in [0.2, 0.25) is 17.7 Å². The molecular formula is C39H55Cl2N7O7. The number of unbranched alkanes of at least 4 members (excludes halogenated alkanes) is 4. The van der Waals surface area contributed by atoms with E-state index >= 15 is 0 Å². The maximum absolute atomic E-state index is 13.0. The van der Waals surface area contributed by atoms with Gasteiger partial charge in [-0.05, 0) is 86.1 Å². The van der Waals surface area contributed by atoms with Gasteiger partial charge in [0.1, 0.15) is 11.2 Å². The molecule has 0 fully saturated rings. The van der Waals surface area contributed by atoms with Crippen molar-refractivity contribution in [3.05, 3.63) is 40.3 Å². The minimum Gasteiger partial charge on any atom is -0.444 e. The number of hydrogen-bond acceptors (Lipinski definition) is 8. The fourth-order valence-electron chi connectivity index (χ4n) is 6.38. The van der Waals surface area contributed by atoms with Crippen molar-refractivity contribution in [1.29, 1.82) is 0 Å². The van der Waals surface area contributed by atoms with E-state index in [1.165, 1.54) is 4.68 Å². The molecule has 3 aromatic rings. The highest BCUT2D eigenvalue weighted by Crippen LogP contribution is 2.42. The molecule has 1 aliphatic rings. The van der Waals surface area contributed by atoms with Crippen LogP contribution in [-0.2, 0) is 32.0 Å². The zero-order chi connectivity index (χ0) is 40.3. The lowest BCUT2D eigenvalue weighted by Crippen LogP contribution is -2.45. The lowest BCUT2D eigenvalue weighted by Gasteiger charge is -2.27. The third-order valence-electron chi connectivity index (χ3n) is 8.78. The van der Waals surface area contributed by atoms with Crippen molar-refractivity contribution in [2.45, 2.75) is 130 Å². The van der Waals surface area contributed by atoms with E-state index in [4.69, 9.17) is 32.7 Å². The van der Waals surface area contributed by atoms with Gasteiger partial charge in [-0.25, -0.2) is 14.3 Å². The van der Waals surface area contributed by atoms with Gasteiger partial charge in [-0.2, -0.15) is 5.10 Å². The van der Waals surface area contributed by atoms with Crippen LogP contribution in [0.1, 0.15) is 110 Å². The minimum absolute atomic E-state index is 0.132. The second-order valence-electron chi connectivity index (χ2n) is 15.8. The highest BCUT2D eigenvalue weighted by molar-refractivity contribution is 6.45. The summed E-state index contributed by atoms with van der Waals surface area (Å²) in [5, 5.41) is 17.2. The molecule has 4 amide bonds. The number of carbonyl (C=O) groups is 5. The smallest absolute Gasteiger partial charge is 0.407 e. The van der Waals surface area contributed by atoms with Crippen LogP contribution >= 0.6 is 23.2 Å². The van der Waals surface area contributed by atoms with E-state index in [-0.39, 0.29) is 36.7 Å². The molecule has 2 aromatic heterocycles. The number of halogens is 2. The molecule has 0 saturated heterocycles. The Kier molecular flexibility index (Phi) is 15.4. The first-order valence-corrected chi connectivity index (χ1v) is 19.7. The predicted octanol–water partition coefficient (Wildman–Crippen LogP) is 7.17. The van der Waals surface area contributed by atoms with E-state index in [2.05, 4.69) is 30.9 Å². The summed E-state index contributed by atoms with van der Waals surface area (Å²) in [6.07, 6.45) is 8.57. The number of carbonyl (C=O) groups excluding carboxylic acids is 5. The van der Waals surface area contributed by atoms with Crippen LogP contribution in [0.3, 0.4) is 0 Å². The first kappa shape index (κ1) is 43.4. The van der Waals surface area contributed by atoms with E-state index in [9.17, 15) is 24.0 Å². The average molecular weight is 805 g/mol. The highest BCUT2D eigenvalue weighted by atomic mass is 35.5. The molecule has 0 radical (unpaired) electrons. The zero-order valence-electron chi connectivity index (χ0n) is 32.7. The van der Waals surface area contributed by atoms with E-state index in [0.717, 1.165) is 47.0 Å². The monoisotopic (exact) mass is 803 g/mol. The van der Waals surface area contributed by atoms with E-state index in [0.29, 0.717) is 68.2 Å². The predicted molar refractivity (Wildman–Crippen MR) is 212 cm³/mol. The van der Waals surface area contributed by atoms with Crippen LogP contribution in [-0.4, -0.2) is 81.1 Å². The largest absolute Gasteiger partial charge is 0.444 e. The van der Waals surface area contributed by atoms with Gasteiger partial charge in [0.05, 0.1) is 28.3 Å². The van der Waals surface area contributed by atoms with Gasteiger partial charge < -0.3 is 35.3 Å². The molecule has 3 heterocycles. The summed E-state index contributed by atoms with van der Waals surface area (Å²) in [6, 6.07) is 3.45. The molecule has 4 rings (SSSR count). The van der Waals surface area contributed by atoms with Crippen LogP contribution in [0.5, 0.6) is 0 Å². The van der Waals surface area contributed by atoms with Crippen molar-refractivity contribution in [2.24, 2.45) is 0 Å². The summed E-state index contributed by atoms with van der Waals surface area (Å²) in [6.45, 7) is 12.1. The first-order valence-electron chi connectivity index (χ1n) is 19.0. The van der Waals surface area contributed by atoms with Crippen LogP contribution in [0.15, 0.2) is 24.5 Å². The van der Waals surface area contributed by atoms with Gasteiger partial charge in [0, 0.05) is 66.9 Å². The second kappa shape index (κ2) is 19.5. The molecule has 0 spiro atoms. The number of fused-ring (bicyclic) bond motifs is 3. The maximum atomic E-state index is 13.0. The molecule has 0 bridgehead atoms. The number of benzene rings is 1. The Balaban J connectivity index is 1.27. The molecule has 1 aromatic carbocycles. The summed E-state index contributed by atoms with van der Waals surface area (Å²) in [5.74, 6) is -0.634. The van der Waals surface area contributed by atoms with Crippen LogP contribution in [0.4, 0.5) is 9.59 Å². The molecule has 0 aliphatic carbocycles. The van der Waals surface area contributed by atoms with Crippen molar-refractivity contribution >= 4 is 64.0 Å². The van der Waals surface area contributed by atoms with Crippen LogP contribution < -0.4 is 21.3 Å². The number of ether oxygens (including phenoxy) is 2. The Bertz CT molecular complexity index is 1840. The Morgan fingerprint density at radius 2 is 1.44 bits per heavy atom. The second-order valence-corrected chi connectivity index (χ2v) is 16.6. The molecule has 14 nitrogen and oxygen atoms in total. The van der Waals surface area contributed by atoms with Gasteiger partial charge in [-0.1, -0.05) is 42.1 Å². The van der Waals surface area contributed by atoms with E-state index in [1.54, 1.807) is 39.2 Å². The van der Waals surface area contributed by atoms with Crippen LogP contribution in [0.25, 0.3) is 22.0 Å². The maximum Gasteiger partial charge on any atom is 0.407 e. The van der Waals surface area contributed by atoms with Crippen molar-refractivity contribution in [2.75, 3.05) is 19.6 Å². The Morgan fingerprint density at radius 3 is 2.05 bits per heavy atom. The Labute approximate surface area is 332 Å². The number of amides is 4. The normalized spacial score (nSPS) is 14.2. The zero-order valence-corrected chi connectivity index (χ0v) is 34.3. The summed E-state index contributed by atoms with van der Waals surface area (Å²) in [4.78, 5) is 61.9. The molecular weight excluding hydrogens is 749 g/mol. The molecule has 1 atom stereocenters. The van der Waals surface area contributed by atoms with Gasteiger partial charge in [0.25, 0.3) is 0 Å². The third kappa shape index (κ3) is 13.4. The van der Waals surface area contributed by atoms with Gasteiger partial charge in [-0.15, -0.1) is 0 Å². The Hall–Kier alpha value is -4.30. The standard InChI is InChI=1S/C39H55Cl2N7O7/c1-38(2,3)54-36(52)42-19-11-7-9-13-30(49)44-22-31(50)46-26-15-18-29-33(27-16-17-28(40)34(41)35(27)47(29)24-26)25-21-45-48(23-25)32(51)14-10-8-12-20-43-37(53)55-39(4,5)6/h16-17,21,23,26H,7-15,18-20,22,24H2,1-6H3,(H,42,52)(H,43,53)(H,44,49)(H,46,50). The van der Waals surface area contributed by atoms with Crippen LogP contribution in [0, 0.1) is 0 Å². The number of alkyl carbamates (subject to hydrolysis) is 2. The SMILES string of the molecule is CC(C)(C)OC(=O)NCCCCCC(=O)NCC(=O)NC1CCc2c(-c3cnn(C(=O)CCCCCNC(=O)OC(C)(C)C)c3)c3ccc(Cl)c(Cl)c3n2C1. The fourth-order valence-corrected chi connectivity index (χ4v) is 6.80. The lowest BCUT2D eigenvalue weighted by atomic mass is 9.99. The Morgan fingerprint density at radius 1 is 0.818 bits per heavy atom. The summed E-state index contributed by atoms with van der Waals surface area (Å²) >= 11 is 13.3. The highest BCUT2D eigenvalue weighted by Gasteiger charge is 2.29. The van der Waals surface area contributed by atoms with Gasteiger partial charge in [-0.3, -0.25) is 14.4 Å². The van der Waals surface area contributed by atoms with Gasteiger partial charge in [0.15, 0.2) is 0 Å². The quantitative estimate of drug-likeness (QED) is 0.110. The summed E-state index contributed by atoms with van der Waals surface area (Å²) < 4.78 is 13.9. The number of nitrogens with zero attached hydrogens (tertiary/aromatic N) is 3. The molecule has 1 unspecified atom stereocenters. The molecule has 302 valence electrons. The van der Waals surface area contributed by atoms with Crippen molar-refractivity contribution in [3.8, 4) is 11.1 Å². The number of nitrogens with one attached hydrogen (secondary N) is 4. The molecule has 16 heteroatoms. The lowest BCUT2D eigenvalue weighted by molar-refractivity contribution is -0.126. The summed E-state index contributed by atoms with van der Waals surface area (Å²) in [5.41, 5.74) is 2.33. The summed E-state index contributed by atoms with van der Waals surface area (Å²) in [7, 11) is 0. The van der Waals surface area contributed by atoms with Crippen molar-refractivity contribution in [3.63, 3.8) is 0 Å². The molecule has 0 saturated carbocycles.